The molecule has 2 aromatic carbocycles. The number of nitrogens with one attached hydrogen (secondary N) is 2. The molecule has 0 heterocycles. The molecule has 1 aliphatic carbocycles. The Morgan fingerprint density at radius 3 is 2.25 bits per heavy atom. The maximum atomic E-state index is 12.6. The van der Waals surface area contributed by atoms with Crippen LogP contribution in [0.4, 0.5) is 11.4 Å². The van der Waals surface area contributed by atoms with Gasteiger partial charge in [-0.25, -0.2) is 0 Å². The van der Waals surface area contributed by atoms with Crippen molar-refractivity contribution in [3.05, 3.63) is 54.1 Å². The van der Waals surface area contributed by atoms with E-state index in [1.807, 2.05) is 45.0 Å². The van der Waals surface area contributed by atoms with E-state index < -0.39 is 5.41 Å². The third-order valence-electron chi connectivity index (χ3n) is 4.78. The van der Waals surface area contributed by atoms with E-state index in [2.05, 4.69) is 10.6 Å². The highest BCUT2D eigenvalue weighted by molar-refractivity contribution is 6.05. The molecule has 0 aliphatic heterocycles. The van der Waals surface area contributed by atoms with E-state index in [9.17, 15) is 9.59 Å². The molecule has 5 heteroatoms. The maximum Gasteiger partial charge on any atom is 0.255 e. The minimum Gasteiger partial charge on any atom is -0.490 e. The molecule has 2 amide bonds. The van der Waals surface area contributed by atoms with Crippen LogP contribution >= 0.6 is 0 Å². The van der Waals surface area contributed by atoms with Crippen LogP contribution < -0.4 is 15.4 Å². The lowest BCUT2D eigenvalue weighted by Gasteiger charge is -2.18. The molecular weight excluding hydrogens is 352 g/mol. The Hall–Kier alpha value is -2.82. The number of carbonyl (C=O) groups is 2. The van der Waals surface area contributed by atoms with Gasteiger partial charge in [0.1, 0.15) is 5.75 Å². The molecule has 1 fully saturated rings. The summed E-state index contributed by atoms with van der Waals surface area (Å²) in [5.41, 5.74) is 1.29. The molecule has 0 radical (unpaired) electrons. The number of carbonyl (C=O) groups excluding carboxylic acids is 2. The second kappa shape index (κ2) is 8.46. The second-order valence-corrected chi connectivity index (χ2v) is 8.29. The molecule has 3 rings (SSSR count). The highest BCUT2D eigenvalue weighted by atomic mass is 16.5. The van der Waals surface area contributed by atoms with Gasteiger partial charge in [-0.2, -0.15) is 0 Å². The third-order valence-corrected chi connectivity index (χ3v) is 4.78. The van der Waals surface area contributed by atoms with E-state index in [4.69, 9.17) is 4.74 Å². The van der Waals surface area contributed by atoms with Crippen molar-refractivity contribution in [2.24, 2.45) is 5.41 Å². The first-order chi connectivity index (χ1) is 13.3. The van der Waals surface area contributed by atoms with Crippen LogP contribution in [0.5, 0.6) is 5.75 Å². The van der Waals surface area contributed by atoms with E-state index in [1.165, 1.54) is 12.8 Å². The first-order valence-electron chi connectivity index (χ1n) is 9.81. The lowest BCUT2D eigenvalue weighted by Crippen LogP contribution is -2.27. The predicted molar refractivity (Wildman–Crippen MR) is 112 cm³/mol. The zero-order chi connectivity index (χ0) is 20.1. The standard InChI is InChI=1S/C23H28N2O3/c1-23(2,3)22(27)25-18-8-6-7-16(15-18)21(26)24-17-11-13-20(14-12-17)28-19-9-4-5-10-19/h6-8,11-15,19H,4-5,9-10H2,1-3H3,(H,24,26)(H,25,27). The number of hydrogen-bond acceptors (Lipinski definition) is 3. The summed E-state index contributed by atoms with van der Waals surface area (Å²) in [5.74, 6) is 0.510. The summed E-state index contributed by atoms with van der Waals surface area (Å²) >= 11 is 0. The monoisotopic (exact) mass is 380 g/mol. The van der Waals surface area contributed by atoms with E-state index in [0.29, 0.717) is 23.0 Å². The molecule has 0 bridgehead atoms. The number of benzene rings is 2. The van der Waals surface area contributed by atoms with Gasteiger partial charge in [0.2, 0.25) is 5.91 Å². The molecule has 1 saturated carbocycles. The van der Waals surface area contributed by atoms with Gasteiger partial charge in [-0.1, -0.05) is 26.8 Å². The molecule has 1 aliphatic rings. The molecule has 2 aromatic rings. The van der Waals surface area contributed by atoms with Crippen LogP contribution in [-0.4, -0.2) is 17.9 Å². The molecule has 28 heavy (non-hydrogen) atoms. The van der Waals surface area contributed by atoms with Crippen LogP contribution in [-0.2, 0) is 4.79 Å². The van der Waals surface area contributed by atoms with Gasteiger partial charge in [0, 0.05) is 22.4 Å². The van der Waals surface area contributed by atoms with E-state index in [0.717, 1.165) is 18.6 Å². The average Bonchev–Trinajstić information content (AvgIpc) is 3.16. The minimum atomic E-state index is -0.499. The SMILES string of the molecule is CC(C)(C)C(=O)Nc1cccc(C(=O)Nc2ccc(OC3CCCC3)cc2)c1. The van der Waals surface area contributed by atoms with Crippen molar-refractivity contribution in [1.82, 2.24) is 0 Å². The maximum absolute atomic E-state index is 12.6. The molecule has 5 nitrogen and oxygen atoms in total. The Kier molecular flexibility index (Phi) is 6.02. The third kappa shape index (κ3) is 5.35. The fraction of sp³-hybridized carbons (Fsp3) is 0.391. The summed E-state index contributed by atoms with van der Waals surface area (Å²) < 4.78 is 5.95. The van der Waals surface area contributed by atoms with Gasteiger partial charge in [0.05, 0.1) is 6.10 Å². The van der Waals surface area contributed by atoms with Gasteiger partial charge in [0.15, 0.2) is 0 Å². The van der Waals surface area contributed by atoms with Gasteiger partial charge < -0.3 is 15.4 Å². The van der Waals surface area contributed by atoms with Gasteiger partial charge in [-0.15, -0.1) is 0 Å². The van der Waals surface area contributed by atoms with E-state index in [1.54, 1.807) is 24.3 Å². The van der Waals surface area contributed by atoms with Gasteiger partial charge in [-0.3, -0.25) is 9.59 Å². The number of anilines is 2. The Labute approximate surface area is 166 Å². The van der Waals surface area contributed by atoms with Crippen molar-refractivity contribution in [3.63, 3.8) is 0 Å². The quantitative estimate of drug-likeness (QED) is 0.745. The molecule has 0 spiro atoms. The highest BCUT2D eigenvalue weighted by Crippen LogP contribution is 2.25. The molecule has 0 unspecified atom stereocenters. The van der Waals surface area contributed by atoms with Crippen molar-refractivity contribution in [2.45, 2.75) is 52.6 Å². The Morgan fingerprint density at radius 1 is 0.929 bits per heavy atom. The fourth-order valence-electron chi connectivity index (χ4n) is 3.08. The predicted octanol–water partition coefficient (Wildman–Crippen LogP) is 5.24. The summed E-state index contributed by atoms with van der Waals surface area (Å²) in [6.45, 7) is 5.54. The first-order valence-corrected chi connectivity index (χ1v) is 9.81. The Morgan fingerprint density at radius 2 is 1.61 bits per heavy atom. The fourth-order valence-corrected chi connectivity index (χ4v) is 3.08. The van der Waals surface area contributed by atoms with Crippen molar-refractivity contribution < 1.29 is 14.3 Å². The Balaban J connectivity index is 1.61. The van der Waals surface area contributed by atoms with Crippen molar-refractivity contribution in [3.8, 4) is 5.75 Å². The smallest absolute Gasteiger partial charge is 0.255 e. The van der Waals surface area contributed by atoms with Gasteiger partial charge in [0.25, 0.3) is 5.91 Å². The lowest BCUT2D eigenvalue weighted by molar-refractivity contribution is -0.123. The summed E-state index contributed by atoms with van der Waals surface area (Å²) in [4.78, 5) is 24.7. The van der Waals surface area contributed by atoms with Crippen LogP contribution in [0.3, 0.4) is 0 Å². The summed E-state index contributed by atoms with van der Waals surface area (Å²) in [5, 5.41) is 5.73. The van der Waals surface area contributed by atoms with Gasteiger partial charge >= 0.3 is 0 Å². The average molecular weight is 380 g/mol. The van der Waals surface area contributed by atoms with Crippen LogP contribution in [0.25, 0.3) is 0 Å². The van der Waals surface area contributed by atoms with Gasteiger partial charge in [-0.05, 0) is 68.1 Å². The van der Waals surface area contributed by atoms with Crippen molar-refractivity contribution in [2.75, 3.05) is 10.6 Å². The summed E-state index contributed by atoms with van der Waals surface area (Å²) in [6.07, 6.45) is 5.00. The highest BCUT2D eigenvalue weighted by Gasteiger charge is 2.21. The summed E-state index contributed by atoms with van der Waals surface area (Å²) in [7, 11) is 0. The van der Waals surface area contributed by atoms with Crippen molar-refractivity contribution in [1.29, 1.82) is 0 Å². The number of ether oxygens (including phenoxy) is 1. The van der Waals surface area contributed by atoms with E-state index in [-0.39, 0.29) is 11.8 Å². The summed E-state index contributed by atoms with van der Waals surface area (Å²) in [6, 6.07) is 14.4. The normalized spacial score (nSPS) is 14.5. The molecule has 0 saturated heterocycles. The molecule has 148 valence electrons. The largest absolute Gasteiger partial charge is 0.490 e. The molecule has 0 aromatic heterocycles. The van der Waals surface area contributed by atoms with Crippen molar-refractivity contribution >= 4 is 23.2 Å². The minimum absolute atomic E-state index is 0.0945. The second-order valence-electron chi connectivity index (χ2n) is 8.29. The number of amides is 2. The van der Waals surface area contributed by atoms with Crippen LogP contribution in [0.1, 0.15) is 56.8 Å². The van der Waals surface area contributed by atoms with Crippen LogP contribution in [0, 0.1) is 5.41 Å². The zero-order valence-electron chi connectivity index (χ0n) is 16.7. The molecule has 0 atom stereocenters. The zero-order valence-corrected chi connectivity index (χ0v) is 16.7. The van der Waals surface area contributed by atoms with E-state index >= 15 is 0 Å². The topological polar surface area (TPSA) is 67.4 Å². The number of hydrogen-bond donors (Lipinski definition) is 2. The van der Waals surface area contributed by atoms with Crippen LogP contribution in [0.2, 0.25) is 0 Å². The van der Waals surface area contributed by atoms with Crippen LogP contribution in [0.15, 0.2) is 48.5 Å². The lowest BCUT2D eigenvalue weighted by atomic mass is 9.95. The first kappa shape index (κ1) is 19.9. The molecule has 2 N–H and O–H groups in total. The molecular formula is C23H28N2O3. The number of rotatable bonds is 5. The Bertz CT molecular complexity index is 832.